The van der Waals surface area contributed by atoms with E-state index < -0.39 is 0 Å². The lowest BCUT2D eigenvalue weighted by molar-refractivity contribution is 0.416. The van der Waals surface area contributed by atoms with E-state index in [1.165, 1.54) is 0 Å². The molecule has 4 aromatic rings. The smallest absolute Gasteiger partial charge is 0.137 e. The molecule has 0 aliphatic heterocycles. The molecule has 0 radical (unpaired) electrons. The molecule has 0 saturated carbocycles. The van der Waals surface area contributed by atoms with Gasteiger partial charge in [-0.05, 0) is 29.8 Å². The average molecular weight is 351 g/mol. The highest BCUT2D eigenvalue weighted by molar-refractivity contribution is 6.32. The third kappa shape index (κ3) is 2.71. The monoisotopic (exact) mass is 350 g/mol. The van der Waals surface area contributed by atoms with Crippen molar-refractivity contribution in [1.82, 2.24) is 9.97 Å². The SMILES string of the molecule is COc1ccccc1-c1c[nH]c2ncc(-c3ccc(O)c(Cl)c3)cc12. The number of rotatable bonds is 3. The van der Waals surface area contributed by atoms with Crippen LogP contribution in [0.3, 0.4) is 0 Å². The minimum atomic E-state index is 0.0656. The predicted octanol–water partition coefficient (Wildman–Crippen LogP) is 5.26. The van der Waals surface area contributed by atoms with Gasteiger partial charge >= 0.3 is 0 Å². The van der Waals surface area contributed by atoms with Crippen LogP contribution < -0.4 is 4.74 Å². The molecule has 0 saturated heterocycles. The molecule has 2 heterocycles. The molecule has 0 aliphatic rings. The molecule has 2 aromatic carbocycles. The van der Waals surface area contributed by atoms with E-state index in [1.54, 1.807) is 25.4 Å². The first-order valence-corrected chi connectivity index (χ1v) is 8.14. The van der Waals surface area contributed by atoms with Gasteiger partial charge in [-0.1, -0.05) is 35.9 Å². The van der Waals surface area contributed by atoms with Gasteiger partial charge in [-0.15, -0.1) is 0 Å². The molecule has 0 bridgehead atoms. The number of methoxy groups -OCH3 is 1. The molecule has 25 heavy (non-hydrogen) atoms. The van der Waals surface area contributed by atoms with Gasteiger partial charge in [0, 0.05) is 34.5 Å². The molecule has 0 fully saturated rings. The Kier molecular flexibility index (Phi) is 3.82. The van der Waals surface area contributed by atoms with Crippen LogP contribution in [-0.4, -0.2) is 22.2 Å². The van der Waals surface area contributed by atoms with Crippen LogP contribution >= 0.6 is 11.6 Å². The summed E-state index contributed by atoms with van der Waals surface area (Å²) in [6, 6.07) is 15.1. The third-order valence-corrected chi connectivity index (χ3v) is 4.51. The molecule has 124 valence electrons. The molecular formula is C20H15ClN2O2. The Bertz CT molecular complexity index is 1070. The number of hydrogen-bond donors (Lipinski definition) is 2. The molecule has 5 heteroatoms. The van der Waals surface area contributed by atoms with Crippen molar-refractivity contribution in [2.45, 2.75) is 0 Å². The number of aromatic amines is 1. The highest BCUT2D eigenvalue weighted by atomic mass is 35.5. The summed E-state index contributed by atoms with van der Waals surface area (Å²) in [5, 5.41) is 10.9. The molecular weight excluding hydrogens is 336 g/mol. The van der Waals surface area contributed by atoms with Gasteiger partial charge in [-0.2, -0.15) is 0 Å². The lowest BCUT2D eigenvalue weighted by Crippen LogP contribution is -1.87. The molecule has 2 N–H and O–H groups in total. The maximum atomic E-state index is 9.61. The van der Waals surface area contributed by atoms with Crippen LogP contribution in [0, 0.1) is 0 Å². The van der Waals surface area contributed by atoms with Crippen LogP contribution in [0.2, 0.25) is 5.02 Å². The molecule has 0 atom stereocenters. The first-order chi connectivity index (χ1) is 12.2. The van der Waals surface area contributed by atoms with Crippen molar-refractivity contribution in [2.75, 3.05) is 7.11 Å². The normalized spacial score (nSPS) is 11.0. The van der Waals surface area contributed by atoms with E-state index in [9.17, 15) is 5.11 Å². The van der Waals surface area contributed by atoms with Gasteiger partial charge in [0.2, 0.25) is 0 Å². The van der Waals surface area contributed by atoms with Gasteiger partial charge in [0.05, 0.1) is 12.1 Å². The number of phenols is 1. The number of aromatic hydroxyl groups is 1. The maximum absolute atomic E-state index is 9.61. The number of nitrogens with zero attached hydrogens (tertiary/aromatic N) is 1. The van der Waals surface area contributed by atoms with Gasteiger partial charge in [0.15, 0.2) is 0 Å². The highest BCUT2D eigenvalue weighted by Gasteiger charge is 2.13. The van der Waals surface area contributed by atoms with E-state index in [-0.39, 0.29) is 5.75 Å². The number of hydrogen-bond acceptors (Lipinski definition) is 3. The number of benzene rings is 2. The summed E-state index contributed by atoms with van der Waals surface area (Å²) < 4.78 is 5.48. The quantitative estimate of drug-likeness (QED) is 0.529. The molecule has 0 unspecified atom stereocenters. The average Bonchev–Trinajstić information content (AvgIpc) is 3.07. The summed E-state index contributed by atoms with van der Waals surface area (Å²) in [4.78, 5) is 7.71. The fourth-order valence-corrected chi connectivity index (χ4v) is 3.12. The minimum Gasteiger partial charge on any atom is -0.506 e. The lowest BCUT2D eigenvalue weighted by atomic mass is 10.0. The predicted molar refractivity (Wildman–Crippen MR) is 100 cm³/mol. The lowest BCUT2D eigenvalue weighted by Gasteiger charge is -2.08. The number of H-pyrrole nitrogens is 1. The molecule has 0 aliphatic carbocycles. The number of phenolic OH excluding ortho intramolecular Hbond substituents is 1. The number of ether oxygens (including phenoxy) is 1. The van der Waals surface area contributed by atoms with Crippen molar-refractivity contribution in [2.24, 2.45) is 0 Å². The zero-order valence-electron chi connectivity index (χ0n) is 13.5. The number of halogens is 1. The van der Waals surface area contributed by atoms with Crippen LogP contribution in [0.25, 0.3) is 33.3 Å². The summed E-state index contributed by atoms with van der Waals surface area (Å²) >= 11 is 6.03. The van der Waals surface area contributed by atoms with Gasteiger partial charge in [-0.25, -0.2) is 4.98 Å². The number of aromatic nitrogens is 2. The molecule has 4 rings (SSSR count). The molecule has 0 amide bonds. The minimum absolute atomic E-state index is 0.0656. The second kappa shape index (κ2) is 6.15. The third-order valence-electron chi connectivity index (χ3n) is 4.21. The Balaban J connectivity index is 1.89. The van der Waals surface area contributed by atoms with Gasteiger partial charge in [0.25, 0.3) is 0 Å². The fraction of sp³-hybridized carbons (Fsp3) is 0.0500. The van der Waals surface area contributed by atoms with Crippen LogP contribution in [0.4, 0.5) is 0 Å². The Morgan fingerprint density at radius 2 is 1.88 bits per heavy atom. The van der Waals surface area contributed by atoms with E-state index in [0.717, 1.165) is 39.0 Å². The Hall–Kier alpha value is -2.98. The van der Waals surface area contributed by atoms with Crippen LogP contribution in [0.15, 0.2) is 60.9 Å². The summed E-state index contributed by atoms with van der Waals surface area (Å²) in [5.41, 5.74) is 4.63. The van der Waals surface area contributed by atoms with Gasteiger partial charge in [0.1, 0.15) is 17.1 Å². The standard InChI is InChI=1S/C20H15ClN2O2/c1-25-19-5-3-2-4-14(19)16-11-23-20-15(16)8-13(10-22-20)12-6-7-18(24)17(21)9-12/h2-11,24H,1H3,(H,22,23). The largest absolute Gasteiger partial charge is 0.506 e. The first kappa shape index (κ1) is 15.5. The Morgan fingerprint density at radius 1 is 1.04 bits per heavy atom. The van der Waals surface area contributed by atoms with Crippen LogP contribution in [0.5, 0.6) is 11.5 Å². The maximum Gasteiger partial charge on any atom is 0.137 e. The second-order valence-electron chi connectivity index (χ2n) is 5.69. The van der Waals surface area contributed by atoms with Crippen molar-refractivity contribution >= 4 is 22.6 Å². The van der Waals surface area contributed by atoms with Crippen LogP contribution in [0.1, 0.15) is 0 Å². The van der Waals surface area contributed by atoms with Crippen LogP contribution in [-0.2, 0) is 0 Å². The Labute approximate surface area is 149 Å². The van der Waals surface area contributed by atoms with E-state index >= 15 is 0 Å². The molecule has 4 nitrogen and oxygen atoms in total. The zero-order chi connectivity index (χ0) is 17.4. The molecule has 0 spiro atoms. The van der Waals surface area contributed by atoms with E-state index in [1.807, 2.05) is 36.5 Å². The van der Waals surface area contributed by atoms with E-state index in [0.29, 0.717) is 5.02 Å². The second-order valence-corrected chi connectivity index (χ2v) is 6.10. The topological polar surface area (TPSA) is 58.1 Å². The summed E-state index contributed by atoms with van der Waals surface area (Å²) in [5.74, 6) is 0.872. The highest BCUT2D eigenvalue weighted by Crippen LogP contribution is 2.36. The Morgan fingerprint density at radius 3 is 2.68 bits per heavy atom. The fourth-order valence-electron chi connectivity index (χ4n) is 2.94. The number of nitrogens with one attached hydrogen (secondary N) is 1. The summed E-state index contributed by atoms with van der Waals surface area (Å²) in [6.45, 7) is 0. The van der Waals surface area contributed by atoms with E-state index in [4.69, 9.17) is 16.3 Å². The van der Waals surface area contributed by atoms with Gasteiger partial charge in [-0.3, -0.25) is 0 Å². The number of fused-ring (bicyclic) bond motifs is 1. The van der Waals surface area contributed by atoms with Crippen molar-refractivity contribution in [3.05, 3.63) is 65.9 Å². The van der Waals surface area contributed by atoms with Crippen molar-refractivity contribution in [1.29, 1.82) is 0 Å². The van der Waals surface area contributed by atoms with Gasteiger partial charge < -0.3 is 14.8 Å². The summed E-state index contributed by atoms with van der Waals surface area (Å²) in [7, 11) is 1.66. The summed E-state index contributed by atoms with van der Waals surface area (Å²) in [6.07, 6.45) is 3.72. The zero-order valence-corrected chi connectivity index (χ0v) is 14.2. The van der Waals surface area contributed by atoms with Crippen molar-refractivity contribution in [3.8, 4) is 33.8 Å². The number of para-hydroxylation sites is 1. The molecule has 2 aromatic heterocycles. The van der Waals surface area contributed by atoms with Crippen molar-refractivity contribution in [3.63, 3.8) is 0 Å². The number of pyridine rings is 1. The first-order valence-electron chi connectivity index (χ1n) is 7.77. The van der Waals surface area contributed by atoms with E-state index in [2.05, 4.69) is 16.0 Å². The van der Waals surface area contributed by atoms with Crippen molar-refractivity contribution < 1.29 is 9.84 Å².